The number of anilines is 1. The number of benzene rings is 3. The van der Waals surface area contributed by atoms with Crippen molar-refractivity contribution >= 4 is 47.2 Å². The molecule has 4 heterocycles. The summed E-state index contributed by atoms with van der Waals surface area (Å²) in [7, 11) is 1.54. The standard InChI is InChI=1S/C50H60N6O10/c1-28(2)45(51)46(58)53-32(6)41(57)20-33-11-13-34(14-12-33)27-66-50(62)56-39-23-42(31(5)19-37(39)48(60)55-26-30(4)18-40(55)49(56)61)64-15-9-8-10-16-65-44-22-38-36(21-43(44)63-7)47(59)54-25-29(3)17-35(54)24-52-38/h11-14,19,21-26,28,32,35,40,45,49,61H,8-10,15-18,20,27,51H2,1-7H3,(H,53,58)/t32-,35-,40-,45-,49-/m0/s1. The quantitative estimate of drug-likeness (QED) is 0.122. The van der Waals surface area contributed by atoms with E-state index in [9.17, 15) is 29.1 Å². The molecule has 5 atom stereocenters. The maximum Gasteiger partial charge on any atom is 0.416 e. The number of aryl methyl sites for hydroxylation is 1. The lowest BCUT2D eigenvalue weighted by Gasteiger charge is -2.31. The van der Waals surface area contributed by atoms with Gasteiger partial charge in [0.15, 0.2) is 23.5 Å². The van der Waals surface area contributed by atoms with Crippen LogP contribution < -0.4 is 30.2 Å². The highest BCUT2D eigenvalue weighted by Gasteiger charge is 2.45. The average molecular weight is 905 g/mol. The Labute approximate surface area is 385 Å². The van der Waals surface area contributed by atoms with Gasteiger partial charge in [0.1, 0.15) is 12.4 Å². The SMILES string of the molecule is COc1cc2c(cc1OCCCCCOc1cc3c(cc1C)C(=O)N1C=C(C)C[C@H]1[C@H](O)N3C(=O)OCc1ccc(CC(=O)[C@H](C)NC(=O)[C@@H](N)C(C)C)cc1)N=C[C@@H]1CC(C)=CN1C2=O. The summed E-state index contributed by atoms with van der Waals surface area (Å²) < 4.78 is 23.7. The Morgan fingerprint density at radius 2 is 1.48 bits per heavy atom. The Hall–Kier alpha value is -6.52. The molecule has 16 heteroatoms. The fourth-order valence-electron chi connectivity index (χ4n) is 8.45. The number of aliphatic imine (C=N–C) groups is 1. The van der Waals surface area contributed by atoms with E-state index in [1.165, 1.54) is 12.0 Å². The van der Waals surface area contributed by atoms with Crippen LogP contribution in [-0.2, 0) is 27.4 Å². The van der Waals surface area contributed by atoms with Crippen molar-refractivity contribution in [3.63, 3.8) is 0 Å². The van der Waals surface area contributed by atoms with Gasteiger partial charge in [-0.3, -0.25) is 24.2 Å². The molecule has 0 bridgehead atoms. The van der Waals surface area contributed by atoms with Gasteiger partial charge in [-0.2, -0.15) is 0 Å². The zero-order valence-corrected chi connectivity index (χ0v) is 38.7. The van der Waals surface area contributed by atoms with E-state index in [4.69, 9.17) is 24.7 Å². The number of nitrogens with zero attached hydrogens (tertiary/aromatic N) is 4. The van der Waals surface area contributed by atoms with Crippen LogP contribution in [0.3, 0.4) is 0 Å². The van der Waals surface area contributed by atoms with Gasteiger partial charge in [-0.15, -0.1) is 0 Å². The van der Waals surface area contributed by atoms with Crippen LogP contribution in [0.25, 0.3) is 0 Å². The summed E-state index contributed by atoms with van der Waals surface area (Å²) in [5.74, 6) is 0.297. The molecule has 4 amide bonds. The molecule has 4 N–H and O–H groups in total. The lowest BCUT2D eigenvalue weighted by atomic mass is 10.0. The highest BCUT2D eigenvalue weighted by molar-refractivity contribution is 6.06. The van der Waals surface area contributed by atoms with Crippen molar-refractivity contribution in [2.75, 3.05) is 25.2 Å². The van der Waals surface area contributed by atoms with E-state index in [0.717, 1.165) is 28.9 Å². The van der Waals surface area contributed by atoms with E-state index in [2.05, 4.69) is 10.3 Å². The van der Waals surface area contributed by atoms with Gasteiger partial charge in [0, 0.05) is 37.2 Å². The summed E-state index contributed by atoms with van der Waals surface area (Å²) in [5.41, 5.74) is 11.4. The first-order valence-electron chi connectivity index (χ1n) is 22.5. The van der Waals surface area contributed by atoms with Gasteiger partial charge in [0.25, 0.3) is 11.8 Å². The summed E-state index contributed by atoms with van der Waals surface area (Å²) >= 11 is 0. The monoisotopic (exact) mass is 904 g/mol. The highest BCUT2D eigenvalue weighted by Crippen LogP contribution is 2.41. The number of carbonyl (C=O) groups excluding carboxylic acids is 5. The molecular formula is C50H60N6O10. The molecule has 16 nitrogen and oxygen atoms in total. The van der Waals surface area contributed by atoms with E-state index < -0.39 is 30.4 Å². The number of fused-ring (bicyclic) bond motifs is 4. The molecule has 4 aliphatic rings. The Balaban J connectivity index is 0.959. The van der Waals surface area contributed by atoms with Crippen LogP contribution in [0.1, 0.15) is 104 Å². The summed E-state index contributed by atoms with van der Waals surface area (Å²) in [6.45, 7) is 11.6. The van der Waals surface area contributed by atoms with Crippen LogP contribution in [-0.4, -0.2) is 101 Å². The molecule has 0 saturated heterocycles. The second kappa shape index (κ2) is 20.3. The Bertz CT molecular complexity index is 2460. The predicted molar refractivity (Wildman–Crippen MR) is 248 cm³/mol. The van der Waals surface area contributed by atoms with Crippen molar-refractivity contribution in [3.05, 3.63) is 99.9 Å². The van der Waals surface area contributed by atoms with Gasteiger partial charge in [-0.1, -0.05) is 49.3 Å². The van der Waals surface area contributed by atoms with Crippen molar-refractivity contribution in [3.8, 4) is 17.2 Å². The lowest BCUT2D eigenvalue weighted by molar-refractivity contribution is -0.128. The van der Waals surface area contributed by atoms with E-state index in [1.807, 2.05) is 40.8 Å². The van der Waals surface area contributed by atoms with E-state index in [-0.39, 0.29) is 59.7 Å². The van der Waals surface area contributed by atoms with Gasteiger partial charge in [-0.05, 0) is 94.5 Å². The maximum atomic E-state index is 14.0. The minimum atomic E-state index is -1.43. The molecule has 7 rings (SSSR count). The number of ether oxygens (including phenoxy) is 4. The number of ketones is 1. The molecule has 3 aromatic carbocycles. The molecule has 350 valence electrons. The van der Waals surface area contributed by atoms with Crippen LogP contribution in [0, 0.1) is 12.8 Å². The summed E-state index contributed by atoms with van der Waals surface area (Å²) in [4.78, 5) is 75.5. The van der Waals surface area contributed by atoms with E-state index in [0.29, 0.717) is 77.7 Å². The predicted octanol–water partition coefficient (Wildman–Crippen LogP) is 6.66. The average Bonchev–Trinajstić information content (AvgIpc) is 3.83. The van der Waals surface area contributed by atoms with E-state index >= 15 is 0 Å². The number of nitrogens with one attached hydrogen (secondary N) is 1. The molecular weight excluding hydrogens is 845 g/mol. The number of unbranched alkanes of at least 4 members (excludes halogenated alkanes) is 2. The van der Waals surface area contributed by atoms with Gasteiger partial charge < -0.3 is 44.9 Å². The summed E-state index contributed by atoms with van der Waals surface area (Å²) in [6, 6.07) is 11.4. The number of methoxy groups -OCH3 is 1. The molecule has 0 aliphatic carbocycles. The topological polar surface area (TPSA) is 203 Å². The zero-order chi connectivity index (χ0) is 47.4. The zero-order valence-electron chi connectivity index (χ0n) is 38.7. The third-order valence-corrected chi connectivity index (χ3v) is 12.4. The van der Waals surface area contributed by atoms with Crippen LogP contribution in [0.4, 0.5) is 16.2 Å². The first-order valence-corrected chi connectivity index (χ1v) is 22.5. The third-order valence-electron chi connectivity index (χ3n) is 12.4. The van der Waals surface area contributed by atoms with Crippen molar-refractivity contribution in [1.82, 2.24) is 15.1 Å². The maximum absolute atomic E-state index is 14.0. The molecule has 0 unspecified atom stereocenters. The minimum Gasteiger partial charge on any atom is -0.493 e. The first-order chi connectivity index (χ1) is 31.5. The van der Waals surface area contributed by atoms with Crippen LogP contribution in [0.2, 0.25) is 0 Å². The number of rotatable bonds is 17. The third kappa shape index (κ3) is 10.3. The van der Waals surface area contributed by atoms with Gasteiger partial charge in [0.05, 0.1) is 67.0 Å². The molecule has 0 saturated carbocycles. The molecule has 0 fully saturated rings. The fourth-order valence-corrected chi connectivity index (χ4v) is 8.45. The van der Waals surface area contributed by atoms with Gasteiger partial charge in [-0.25, -0.2) is 9.69 Å². The molecule has 4 aliphatic heterocycles. The van der Waals surface area contributed by atoms with Crippen LogP contribution in [0.15, 0.2) is 77.1 Å². The largest absolute Gasteiger partial charge is 0.493 e. The Kier molecular flexibility index (Phi) is 14.6. The number of aliphatic hydroxyl groups is 1. The number of carbonyl (C=O) groups is 5. The normalized spacial score (nSPS) is 19.4. The molecule has 0 spiro atoms. The Morgan fingerprint density at radius 3 is 2.18 bits per heavy atom. The van der Waals surface area contributed by atoms with Crippen LogP contribution >= 0.6 is 0 Å². The number of amides is 4. The summed E-state index contributed by atoms with van der Waals surface area (Å²) in [5, 5.41) is 14.5. The lowest BCUT2D eigenvalue weighted by Crippen LogP contribution is -2.50. The van der Waals surface area contributed by atoms with Crippen LogP contribution in [0.5, 0.6) is 17.2 Å². The van der Waals surface area contributed by atoms with Crippen molar-refractivity contribution in [1.29, 1.82) is 0 Å². The fraction of sp³-hybridized carbons (Fsp3) is 0.440. The van der Waals surface area contributed by atoms with E-state index in [1.54, 1.807) is 72.8 Å². The number of hydrogen-bond acceptors (Lipinski definition) is 12. The molecule has 66 heavy (non-hydrogen) atoms. The second-order valence-corrected chi connectivity index (χ2v) is 17.9. The van der Waals surface area contributed by atoms with Crippen molar-refractivity contribution < 1.29 is 48.0 Å². The van der Waals surface area contributed by atoms with Crippen molar-refractivity contribution in [2.24, 2.45) is 16.6 Å². The number of hydrogen-bond donors (Lipinski definition) is 3. The molecule has 0 aromatic heterocycles. The Morgan fingerprint density at radius 1 is 0.833 bits per heavy atom. The van der Waals surface area contributed by atoms with Crippen molar-refractivity contribution in [2.45, 2.75) is 117 Å². The van der Waals surface area contributed by atoms with Gasteiger partial charge >= 0.3 is 6.09 Å². The first kappa shape index (κ1) is 47.4. The summed E-state index contributed by atoms with van der Waals surface area (Å²) in [6.07, 6.45) is 6.44. The smallest absolute Gasteiger partial charge is 0.416 e. The second-order valence-electron chi connectivity index (χ2n) is 17.9. The molecule has 0 radical (unpaired) electrons. The number of Topliss-reactive ketones (excluding diaryl/α,β-unsaturated/α-hetero) is 1. The minimum absolute atomic E-state index is 0.0688. The van der Waals surface area contributed by atoms with Gasteiger partial charge in [0.2, 0.25) is 5.91 Å². The number of aliphatic hydroxyl groups excluding tert-OH is 1. The molecule has 3 aromatic rings. The number of nitrogens with two attached hydrogens (primary N) is 1. The highest BCUT2D eigenvalue weighted by atomic mass is 16.6.